The number of carbonyl (C=O) groups is 1. The molecule has 1 aliphatic carbocycles. The Kier molecular flexibility index (Phi) is 6.35. The van der Waals surface area contributed by atoms with Crippen LogP contribution in [0.3, 0.4) is 0 Å². The molecule has 1 saturated heterocycles. The van der Waals surface area contributed by atoms with Gasteiger partial charge in [0.2, 0.25) is 15.9 Å². The number of hydrogen-bond donors (Lipinski definition) is 0. The second-order valence-electron chi connectivity index (χ2n) is 9.05. The first-order chi connectivity index (χ1) is 16.4. The summed E-state index contributed by atoms with van der Waals surface area (Å²) in [5, 5.41) is 0. The molecule has 0 atom stereocenters. The van der Waals surface area contributed by atoms with Crippen molar-refractivity contribution in [3.05, 3.63) is 52.9 Å². The standard InChI is InChI=1S/C24H29N3O6S/c28-23(27(18-6-1-2-7-18)17-19-8-5-15-32-19)11-14-26-21-10-9-20(16-22(21)33-24(26)29)34(30,31)25-12-3-4-13-25/h5,8-10,15-16,18H,1-4,6-7,11-14,17H2. The molecule has 3 aromatic rings. The highest BCUT2D eigenvalue weighted by molar-refractivity contribution is 7.89. The lowest BCUT2D eigenvalue weighted by molar-refractivity contribution is -0.134. The van der Waals surface area contributed by atoms with E-state index >= 15 is 0 Å². The lowest BCUT2D eigenvalue weighted by atomic mass is 10.2. The molecule has 1 aromatic carbocycles. The number of hydrogen-bond acceptors (Lipinski definition) is 6. The van der Waals surface area contributed by atoms with E-state index in [2.05, 4.69) is 0 Å². The van der Waals surface area contributed by atoms with Crippen LogP contribution >= 0.6 is 0 Å². The van der Waals surface area contributed by atoms with E-state index in [1.807, 2.05) is 17.0 Å². The van der Waals surface area contributed by atoms with Crippen molar-refractivity contribution in [2.75, 3.05) is 13.1 Å². The number of benzene rings is 1. The minimum atomic E-state index is -3.61. The van der Waals surface area contributed by atoms with Gasteiger partial charge in [0.25, 0.3) is 0 Å². The Hall–Kier alpha value is -2.85. The summed E-state index contributed by atoms with van der Waals surface area (Å²) in [6.07, 6.45) is 7.56. The zero-order valence-electron chi connectivity index (χ0n) is 19.0. The number of fused-ring (bicyclic) bond motifs is 1. The van der Waals surface area contributed by atoms with Crippen LogP contribution < -0.4 is 5.76 Å². The fourth-order valence-electron chi connectivity index (χ4n) is 5.05. The zero-order chi connectivity index (χ0) is 23.7. The van der Waals surface area contributed by atoms with Crippen LogP contribution in [0.2, 0.25) is 0 Å². The van der Waals surface area contributed by atoms with Gasteiger partial charge in [0.1, 0.15) is 5.76 Å². The van der Waals surface area contributed by atoms with Gasteiger partial charge in [0.15, 0.2) is 5.58 Å². The van der Waals surface area contributed by atoms with Gasteiger partial charge < -0.3 is 13.7 Å². The fourth-order valence-corrected chi connectivity index (χ4v) is 6.59. The van der Waals surface area contributed by atoms with Crippen molar-refractivity contribution in [1.29, 1.82) is 0 Å². The van der Waals surface area contributed by atoms with Crippen LogP contribution in [0.4, 0.5) is 0 Å². The molecule has 0 N–H and O–H groups in total. The van der Waals surface area contributed by atoms with Crippen molar-refractivity contribution in [2.45, 2.75) is 69.0 Å². The average molecular weight is 488 g/mol. The Morgan fingerprint density at radius 2 is 1.85 bits per heavy atom. The number of rotatable bonds is 8. The van der Waals surface area contributed by atoms with Crippen molar-refractivity contribution >= 4 is 27.0 Å². The molecule has 0 unspecified atom stereocenters. The first-order valence-corrected chi connectivity index (χ1v) is 13.3. The Balaban J connectivity index is 1.34. The number of amides is 1. The van der Waals surface area contributed by atoms with Gasteiger partial charge in [-0.3, -0.25) is 9.36 Å². The molecule has 34 heavy (non-hydrogen) atoms. The molecule has 0 radical (unpaired) electrons. The summed E-state index contributed by atoms with van der Waals surface area (Å²) in [7, 11) is -3.61. The second kappa shape index (κ2) is 9.42. The molecular formula is C24H29N3O6S. The third kappa shape index (κ3) is 4.44. The smallest absolute Gasteiger partial charge is 0.419 e. The Labute approximate surface area is 198 Å². The fraction of sp³-hybridized carbons (Fsp3) is 0.500. The molecule has 1 saturated carbocycles. The molecule has 1 aliphatic heterocycles. The zero-order valence-corrected chi connectivity index (χ0v) is 19.8. The number of carbonyl (C=O) groups excluding carboxylic acids is 1. The molecule has 9 nitrogen and oxygen atoms in total. The largest absolute Gasteiger partial charge is 0.467 e. The molecule has 5 rings (SSSR count). The van der Waals surface area contributed by atoms with Gasteiger partial charge in [-0.2, -0.15) is 4.31 Å². The maximum atomic E-state index is 13.2. The van der Waals surface area contributed by atoms with Crippen LogP contribution in [0.1, 0.15) is 50.7 Å². The van der Waals surface area contributed by atoms with E-state index in [-0.39, 0.29) is 35.4 Å². The topological polar surface area (TPSA) is 106 Å². The van der Waals surface area contributed by atoms with E-state index in [4.69, 9.17) is 8.83 Å². The highest BCUT2D eigenvalue weighted by Crippen LogP contribution is 2.27. The maximum absolute atomic E-state index is 13.2. The molecule has 3 heterocycles. The molecule has 0 bridgehead atoms. The van der Waals surface area contributed by atoms with Crippen LogP contribution in [-0.2, 0) is 27.9 Å². The van der Waals surface area contributed by atoms with Crippen molar-refractivity contribution in [1.82, 2.24) is 13.8 Å². The lowest BCUT2D eigenvalue weighted by Crippen LogP contribution is -2.38. The third-order valence-electron chi connectivity index (χ3n) is 6.88. The van der Waals surface area contributed by atoms with E-state index in [0.717, 1.165) is 44.3 Å². The molecule has 10 heteroatoms. The Bertz CT molecular complexity index is 1310. The summed E-state index contributed by atoms with van der Waals surface area (Å²) < 4.78 is 39.4. The van der Waals surface area contributed by atoms with Gasteiger partial charge in [-0.05, 0) is 49.9 Å². The molecule has 2 fully saturated rings. The number of sulfonamides is 1. The first kappa shape index (κ1) is 22.9. The number of aryl methyl sites for hydroxylation is 1. The van der Waals surface area contributed by atoms with Crippen LogP contribution in [0, 0.1) is 0 Å². The number of oxazole rings is 1. The van der Waals surface area contributed by atoms with Gasteiger partial charge in [-0.1, -0.05) is 12.8 Å². The molecule has 0 spiro atoms. The number of aromatic nitrogens is 1. The minimum Gasteiger partial charge on any atom is -0.467 e. The maximum Gasteiger partial charge on any atom is 0.419 e. The second-order valence-corrected chi connectivity index (χ2v) is 11.0. The van der Waals surface area contributed by atoms with E-state index < -0.39 is 15.8 Å². The van der Waals surface area contributed by atoms with Crippen molar-refractivity contribution in [3.63, 3.8) is 0 Å². The van der Waals surface area contributed by atoms with E-state index in [1.54, 1.807) is 12.3 Å². The summed E-state index contributed by atoms with van der Waals surface area (Å²) in [6, 6.07) is 8.34. The predicted octanol–water partition coefficient (Wildman–Crippen LogP) is 3.33. The van der Waals surface area contributed by atoms with Crippen LogP contribution in [0.25, 0.3) is 11.1 Å². The van der Waals surface area contributed by atoms with Gasteiger partial charge >= 0.3 is 5.76 Å². The SMILES string of the molecule is O=C(CCn1c(=O)oc2cc(S(=O)(=O)N3CCCC3)ccc21)N(Cc1ccco1)C1CCCC1. The predicted molar refractivity (Wildman–Crippen MR) is 125 cm³/mol. The summed E-state index contributed by atoms with van der Waals surface area (Å²) in [5.41, 5.74) is 0.692. The molecule has 1 amide bonds. The Morgan fingerprint density at radius 1 is 1.09 bits per heavy atom. The Morgan fingerprint density at radius 3 is 2.56 bits per heavy atom. The lowest BCUT2D eigenvalue weighted by Gasteiger charge is -2.28. The molecule has 2 aliphatic rings. The minimum absolute atomic E-state index is 0.0437. The highest BCUT2D eigenvalue weighted by atomic mass is 32.2. The monoisotopic (exact) mass is 487 g/mol. The number of furan rings is 1. The molecule has 182 valence electrons. The van der Waals surface area contributed by atoms with E-state index in [9.17, 15) is 18.0 Å². The van der Waals surface area contributed by atoms with Gasteiger partial charge in [-0.25, -0.2) is 13.2 Å². The van der Waals surface area contributed by atoms with Gasteiger partial charge in [0.05, 0.1) is 23.2 Å². The van der Waals surface area contributed by atoms with Crippen LogP contribution in [0.5, 0.6) is 0 Å². The average Bonchev–Trinajstić information content (AvgIpc) is 3.62. The highest BCUT2D eigenvalue weighted by Gasteiger charge is 2.29. The van der Waals surface area contributed by atoms with E-state index in [0.29, 0.717) is 25.2 Å². The molecular weight excluding hydrogens is 458 g/mol. The van der Waals surface area contributed by atoms with Crippen LogP contribution in [0.15, 0.2) is 55.1 Å². The van der Waals surface area contributed by atoms with E-state index in [1.165, 1.54) is 21.0 Å². The normalized spacial score (nSPS) is 17.6. The van der Waals surface area contributed by atoms with Crippen LogP contribution in [-0.4, -0.2) is 47.2 Å². The number of nitrogens with zero attached hydrogens (tertiary/aromatic N) is 3. The van der Waals surface area contributed by atoms with Crippen molar-refractivity contribution in [2.24, 2.45) is 0 Å². The quantitative estimate of drug-likeness (QED) is 0.483. The summed E-state index contributed by atoms with van der Waals surface area (Å²) in [6.45, 7) is 1.57. The summed E-state index contributed by atoms with van der Waals surface area (Å²) in [5.74, 6) is 0.0904. The summed E-state index contributed by atoms with van der Waals surface area (Å²) >= 11 is 0. The summed E-state index contributed by atoms with van der Waals surface area (Å²) in [4.78, 5) is 27.7. The van der Waals surface area contributed by atoms with Gasteiger partial charge in [-0.15, -0.1) is 0 Å². The van der Waals surface area contributed by atoms with Crippen molar-refractivity contribution < 1.29 is 22.0 Å². The van der Waals surface area contributed by atoms with Gasteiger partial charge in [0, 0.05) is 38.2 Å². The first-order valence-electron chi connectivity index (χ1n) is 11.9. The van der Waals surface area contributed by atoms with Crippen molar-refractivity contribution in [3.8, 4) is 0 Å². The molecule has 2 aromatic heterocycles. The third-order valence-corrected chi connectivity index (χ3v) is 8.78.